The van der Waals surface area contributed by atoms with Crippen LogP contribution >= 0.6 is 0 Å². The highest BCUT2D eigenvalue weighted by atomic mass is 16.1. The van der Waals surface area contributed by atoms with Gasteiger partial charge in [-0.2, -0.15) is 5.10 Å². The molecule has 0 atom stereocenters. The molecule has 2 aromatic rings. The first-order chi connectivity index (χ1) is 8.99. The Hall–Kier alpha value is -2.30. The van der Waals surface area contributed by atoms with Crippen molar-refractivity contribution in [3.05, 3.63) is 35.4 Å². The smallest absolute Gasteiger partial charge is 0.180 e. The van der Waals surface area contributed by atoms with Crippen LogP contribution in [0.1, 0.15) is 34.4 Å². The molecule has 5 nitrogen and oxygen atoms in total. The minimum Gasteiger partial charge on any atom is -0.293 e. The lowest BCUT2D eigenvalue weighted by molar-refractivity contribution is 0.101. The van der Waals surface area contributed by atoms with Gasteiger partial charge in [0.05, 0.1) is 11.4 Å². The summed E-state index contributed by atoms with van der Waals surface area (Å²) in [4.78, 5) is 20.4. The number of nitrogens with zero attached hydrogens (tertiary/aromatic N) is 4. The van der Waals surface area contributed by atoms with Crippen LogP contribution in [-0.2, 0) is 13.5 Å². The minimum atomic E-state index is -0.0489. The lowest BCUT2D eigenvalue weighted by atomic mass is 9.89. The molecule has 5 heteroatoms. The van der Waals surface area contributed by atoms with Crippen LogP contribution in [0.3, 0.4) is 0 Å². The zero-order valence-electron chi connectivity index (χ0n) is 11.2. The molecule has 0 N–H and O–H groups in total. The number of hydrogen-bond acceptors (Lipinski definition) is 4. The largest absolute Gasteiger partial charge is 0.293 e. The SMILES string of the molecule is C=C1Cc2cnc(C)nc2-c2c1c(C(C)=O)nn2C. The lowest BCUT2D eigenvalue weighted by Crippen LogP contribution is -2.09. The van der Waals surface area contributed by atoms with Gasteiger partial charge >= 0.3 is 0 Å². The summed E-state index contributed by atoms with van der Waals surface area (Å²) in [5.41, 5.74) is 4.96. The summed E-state index contributed by atoms with van der Waals surface area (Å²) in [5, 5.41) is 4.32. The van der Waals surface area contributed by atoms with Gasteiger partial charge in [-0.3, -0.25) is 9.48 Å². The van der Waals surface area contributed by atoms with Crippen molar-refractivity contribution in [2.24, 2.45) is 7.05 Å². The van der Waals surface area contributed by atoms with E-state index in [1.807, 2.05) is 20.2 Å². The Morgan fingerprint density at radius 2 is 2.21 bits per heavy atom. The summed E-state index contributed by atoms with van der Waals surface area (Å²) in [5.74, 6) is 0.662. The van der Waals surface area contributed by atoms with Gasteiger partial charge < -0.3 is 0 Å². The zero-order valence-corrected chi connectivity index (χ0v) is 11.2. The Bertz CT molecular complexity index is 727. The van der Waals surface area contributed by atoms with E-state index in [0.717, 1.165) is 28.1 Å². The van der Waals surface area contributed by atoms with Crippen molar-refractivity contribution in [2.75, 3.05) is 0 Å². The predicted octanol–water partition coefficient (Wildman–Crippen LogP) is 1.96. The van der Waals surface area contributed by atoms with E-state index in [1.165, 1.54) is 6.92 Å². The van der Waals surface area contributed by atoms with Crippen molar-refractivity contribution in [3.8, 4) is 11.4 Å². The number of hydrogen-bond donors (Lipinski definition) is 0. The second kappa shape index (κ2) is 3.85. The topological polar surface area (TPSA) is 60.7 Å². The van der Waals surface area contributed by atoms with Gasteiger partial charge in [0, 0.05) is 37.7 Å². The standard InChI is InChI=1S/C14H14N4O/c1-7-5-10-6-15-9(3)16-13(10)14-11(7)12(8(2)19)17-18(14)4/h6H,1,5H2,2-4H3. The molecule has 0 aliphatic heterocycles. The molecular formula is C14H14N4O. The highest BCUT2D eigenvalue weighted by molar-refractivity contribution is 6.01. The monoisotopic (exact) mass is 254 g/mol. The fraction of sp³-hybridized carbons (Fsp3) is 0.286. The maximum absolute atomic E-state index is 11.7. The lowest BCUT2D eigenvalue weighted by Gasteiger charge is -2.18. The minimum absolute atomic E-state index is 0.0489. The number of rotatable bonds is 1. The second-order valence-corrected chi connectivity index (χ2v) is 4.82. The number of fused-ring (bicyclic) bond motifs is 3. The summed E-state index contributed by atoms with van der Waals surface area (Å²) in [6, 6.07) is 0. The van der Waals surface area contributed by atoms with Crippen molar-refractivity contribution in [1.29, 1.82) is 0 Å². The third-order valence-corrected chi connectivity index (χ3v) is 3.35. The number of allylic oxidation sites excluding steroid dienone is 1. The fourth-order valence-electron chi connectivity index (χ4n) is 2.52. The first kappa shape index (κ1) is 11.8. The van der Waals surface area contributed by atoms with E-state index in [2.05, 4.69) is 21.6 Å². The van der Waals surface area contributed by atoms with Gasteiger partial charge in [-0.1, -0.05) is 6.58 Å². The predicted molar refractivity (Wildman–Crippen MR) is 71.7 cm³/mol. The van der Waals surface area contributed by atoms with Crippen LogP contribution < -0.4 is 0 Å². The van der Waals surface area contributed by atoms with Gasteiger partial charge in [-0.05, 0) is 12.5 Å². The molecule has 0 amide bonds. The Morgan fingerprint density at radius 3 is 2.89 bits per heavy atom. The van der Waals surface area contributed by atoms with Crippen molar-refractivity contribution >= 4 is 11.4 Å². The third-order valence-electron chi connectivity index (χ3n) is 3.35. The zero-order chi connectivity index (χ0) is 13.7. The van der Waals surface area contributed by atoms with Crippen LogP contribution in [0.5, 0.6) is 0 Å². The van der Waals surface area contributed by atoms with E-state index in [0.29, 0.717) is 17.9 Å². The molecule has 0 saturated heterocycles. The maximum atomic E-state index is 11.7. The van der Waals surface area contributed by atoms with E-state index < -0.39 is 0 Å². The molecule has 0 saturated carbocycles. The van der Waals surface area contributed by atoms with E-state index in [4.69, 9.17) is 0 Å². The first-order valence-corrected chi connectivity index (χ1v) is 6.08. The van der Waals surface area contributed by atoms with E-state index in [9.17, 15) is 4.79 Å². The van der Waals surface area contributed by atoms with E-state index in [-0.39, 0.29) is 5.78 Å². The van der Waals surface area contributed by atoms with Crippen LogP contribution in [0.2, 0.25) is 0 Å². The number of aromatic nitrogens is 4. The molecule has 0 fully saturated rings. The average molecular weight is 254 g/mol. The van der Waals surface area contributed by atoms with Crippen LogP contribution in [0.4, 0.5) is 0 Å². The first-order valence-electron chi connectivity index (χ1n) is 6.08. The second-order valence-electron chi connectivity index (χ2n) is 4.82. The van der Waals surface area contributed by atoms with Crippen molar-refractivity contribution < 1.29 is 4.79 Å². The molecule has 2 heterocycles. The van der Waals surface area contributed by atoms with Crippen molar-refractivity contribution in [1.82, 2.24) is 19.7 Å². The molecule has 1 aliphatic carbocycles. The molecule has 19 heavy (non-hydrogen) atoms. The van der Waals surface area contributed by atoms with Crippen LogP contribution in [0, 0.1) is 6.92 Å². The van der Waals surface area contributed by atoms with E-state index >= 15 is 0 Å². The van der Waals surface area contributed by atoms with Crippen LogP contribution in [0.25, 0.3) is 17.0 Å². The number of ketones is 1. The molecule has 1 aliphatic rings. The maximum Gasteiger partial charge on any atom is 0.180 e. The highest BCUT2D eigenvalue weighted by Gasteiger charge is 2.29. The quantitative estimate of drug-likeness (QED) is 0.730. The number of Topliss-reactive ketones (excluding diaryl/α,β-unsaturated/α-hetero) is 1. The summed E-state index contributed by atoms with van der Waals surface area (Å²) in [6.45, 7) is 7.45. The molecule has 3 rings (SSSR count). The molecule has 0 unspecified atom stereocenters. The summed E-state index contributed by atoms with van der Waals surface area (Å²) < 4.78 is 1.71. The normalized spacial score (nSPS) is 13.1. The molecule has 2 aromatic heterocycles. The molecule has 0 bridgehead atoms. The van der Waals surface area contributed by atoms with Gasteiger partial charge in [-0.25, -0.2) is 9.97 Å². The molecule has 0 aromatic carbocycles. The van der Waals surface area contributed by atoms with Gasteiger partial charge in [0.15, 0.2) is 5.78 Å². The van der Waals surface area contributed by atoms with Crippen molar-refractivity contribution in [3.63, 3.8) is 0 Å². The Kier molecular flexibility index (Phi) is 2.38. The molecular weight excluding hydrogens is 240 g/mol. The molecule has 0 radical (unpaired) electrons. The van der Waals surface area contributed by atoms with Gasteiger partial charge in [0.2, 0.25) is 0 Å². The van der Waals surface area contributed by atoms with Crippen LogP contribution in [0.15, 0.2) is 12.8 Å². The van der Waals surface area contributed by atoms with Gasteiger partial charge in [-0.15, -0.1) is 0 Å². The highest BCUT2D eigenvalue weighted by Crippen LogP contribution is 2.38. The Labute approximate surface area is 111 Å². The van der Waals surface area contributed by atoms with Gasteiger partial charge in [0.1, 0.15) is 11.5 Å². The molecule has 96 valence electrons. The third kappa shape index (κ3) is 1.62. The fourth-order valence-corrected chi connectivity index (χ4v) is 2.52. The van der Waals surface area contributed by atoms with Crippen LogP contribution in [-0.4, -0.2) is 25.5 Å². The summed E-state index contributed by atoms with van der Waals surface area (Å²) in [6.07, 6.45) is 2.49. The average Bonchev–Trinajstić information content (AvgIpc) is 2.69. The summed E-state index contributed by atoms with van der Waals surface area (Å²) in [7, 11) is 1.82. The Balaban J connectivity index is 2.37. The molecule has 0 spiro atoms. The number of aryl methyl sites for hydroxylation is 2. The Morgan fingerprint density at radius 1 is 1.47 bits per heavy atom. The van der Waals surface area contributed by atoms with Gasteiger partial charge in [0.25, 0.3) is 0 Å². The number of carbonyl (C=O) groups excluding carboxylic acids is 1. The summed E-state index contributed by atoms with van der Waals surface area (Å²) >= 11 is 0. The number of carbonyl (C=O) groups is 1. The van der Waals surface area contributed by atoms with Crippen molar-refractivity contribution in [2.45, 2.75) is 20.3 Å². The van der Waals surface area contributed by atoms with E-state index in [1.54, 1.807) is 4.68 Å².